The van der Waals surface area contributed by atoms with Crippen LogP contribution >= 0.6 is 0 Å². The van der Waals surface area contributed by atoms with Crippen LogP contribution < -0.4 is 4.90 Å². The van der Waals surface area contributed by atoms with E-state index in [4.69, 9.17) is 0 Å². The second-order valence-corrected chi connectivity index (χ2v) is 5.76. The Morgan fingerprint density at radius 2 is 2.00 bits per heavy atom. The van der Waals surface area contributed by atoms with Gasteiger partial charge in [0.1, 0.15) is 0 Å². The molecule has 0 radical (unpaired) electrons. The van der Waals surface area contributed by atoms with Gasteiger partial charge in [-0.3, -0.25) is 4.79 Å². The molecule has 0 spiro atoms. The van der Waals surface area contributed by atoms with Crippen LogP contribution in [0, 0.1) is 17.6 Å². The Bertz CT molecular complexity index is 618. The lowest BCUT2D eigenvalue weighted by atomic mass is 10.1. The molecular formula is C11H10F3NO3S. The molecule has 1 aliphatic heterocycles. The molecule has 2 rings (SSSR count). The first-order valence-corrected chi connectivity index (χ1v) is 7.00. The summed E-state index contributed by atoms with van der Waals surface area (Å²) in [7, 11) is -4.70. The Hall–Kier alpha value is -1.57. The van der Waals surface area contributed by atoms with Crippen LogP contribution in [0.2, 0.25) is 0 Å². The minimum atomic E-state index is -4.70. The number of nitrogens with zero attached hydrogens (tertiary/aromatic N) is 1. The fraction of sp³-hybridized carbons (Fsp3) is 0.364. The van der Waals surface area contributed by atoms with Crippen molar-refractivity contribution < 1.29 is 25.9 Å². The summed E-state index contributed by atoms with van der Waals surface area (Å²) in [5.41, 5.74) is -0.260. The monoisotopic (exact) mass is 293 g/mol. The molecule has 1 heterocycles. The van der Waals surface area contributed by atoms with Gasteiger partial charge in [-0.25, -0.2) is 8.78 Å². The zero-order valence-corrected chi connectivity index (χ0v) is 10.5. The molecule has 19 heavy (non-hydrogen) atoms. The fourth-order valence-electron chi connectivity index (χ4n) is 2.11. The largest absolute Gasteiger partial charge is 0.309 e. The highest BCUT2D eigenvalue weighted by Gasteiger charge is 2.35. The minimum absolute atomic E-state index is 0.150. The summed E-state index contributed by atoms with van der Waals surface area (Å²) < 4.78 is 60.2. The number of hydrogen-bond acceptors (Lipinski definition) is 3. The summed E-state index contributed by atoms with van der Waals surface area (Å²) >= 11 is 0. The third-order valence-electron chi connectivity index (χ3n) is 2.86. The molecule has 0 aliphatic carbocycles. The van der Waals surface area contributed by atoms with Gasteiger partial charge in [0.25, 0.3) is 0 Å². The van der Waals surface area contributed by atoms with Crippen molar-refractivity contribution in [1.82, 2.24) is 0 Å². The van der Waals surface area contributed by atoms with Gasteiger partial charge in [0.05, 0.1) is 11.4 Å². The summed E-state index contributed by atoms with van der Waals surface area (Å²) in [6.45, 7) is -0.150. The molecule has 0 saturated carbocycles. The van der Waals surface area contributed by atoms with E-state index in [0.29, 0.717) is 0 Å². The second kappa shape index (κ2) is 4.84. The first-order chi connectivity index (χ1) is 8.78. The Morgan fingerprint density at radius 1 is 1.32 bits per heavy atom. The minimum Gasteiger partial charge on any atom is -0.309 e. The maximum atomic E-state index is 13.5. The second-order valence-electron chi connectivity index (χ2n) is 4.35. The third kappa shape index (κ3) is 3.06. The van der Waals surface area contributed by atoms with Gasteiger partial charge in [-0.2, -0.15) is 8.42 Å². The van der Waals surface area contributed by atoms with E-state index in [2.05, 4.69) is 0 Å². The van der Waals surface area contributed by atoms with Gasteiger partial charge >= 0.3 is 10.2 Å². The predicted molar refractivity (Wildman–Crippen MR) is 61.7 cm³/mol. The topological polar surface area (TPSA) is 54.5 Å². The van der Waals surface area contributed by atoms with Crippen LogP contribution in [0.5, 0.6) is 0 Å². The molecule has 1 unspecified atom stereocenters. The lowest BCUT2D eigenvalue weighted by Gasteiger charge is -2.17. The van der Waals surface area contributed by atoms with Gasteiger partial charge in [0.15, 0.2) is 11.6 Å². The summed E-state index contributed by atoms with van der Waals surface area (Å²) in [5.74, 6) is -4.40. The zero-order valence-electron chi connectivity index (χ0n) is 9.64. The molecule has 1 aliphatic rings. The van der Waals surface area contributed by atoms with Crippen molar-refractivity contribution in [3.05, 3.63) is 29.8 Å². The molecule has 1 amide bonds. The number of carbonyl (C=O) groups excluding carboxylic acids is 1. The Morgan fingerprint density at radius 3 is 2.63 bits per heavy atom. The summed E-state index contributed by atoms with van der Waals surface area (Å²) in [6.07, 6.45) is -0.209. The standard InChI is InChI=1S/C11H10F3NO3S/c12-8-2-1-3-9(11(8)13)15-5-7(4-10(15)16)6-19(14,17)18/h1-3,7H,4-6H2. The van der Waals surface area contributed by atoms with Gasteiger partial charge in [0, 0.05) is 18.9 Å². The number of halogens is 3. The molecule has 1 fully saturated rings. The van der Waals surface area contributed by atoms with Crippen LogP contribution in [0.1, 0.15) is 6.42 Å². The van der Waals surface area contributed by atoms with Gasteiger partial charge in [-0.05, 0) is 12.1 Å². The van der Waals surface area contributed by atoms with Crippen molar-refractivity contribution >= 4 is 21.8 Å². The first kappa shape index (κ1) is 13.9. The molecule has 4 nitrogen and oxygen atoms in total. The van der Waals surface area contributed by atoms with E-state index < -0.39 is 39.4 Å². The van der Waals surface area contributed by atoms with Crippen molar-refractivity contribution in [2.75, 3.05) is 17.2 Å². The van der Waals surface area contributed by atoms with Crippen molar-refractivity contribution in [1.29, 1.82) is 0 Å². The zero-order chi connectivity index (χ0) is 14.2. The molecule has 1 aromatic carbocycles. The first-order valence-electron chi connectivity index (χ1n) is 5.44. The highest BCUT2D eigenvalue weighted by atomic mass is 32.3. The van der Waals surface area contributed by atoms with E-state index in [-0.39, 0.29) is 18.7 Å². The van der Waals surface area contributed by atoms with Crippen LogP contribution in [-0.2, 0) is 15.0 Å². The predicted octanol–water partition coefficient (Wildman–Crippen LogP) is 1.62. The lowest BCUT2D eigenvalue weighted by molar-refractivity contribution is -0.117. The van der Waals surface area contributed by atoms with Crippen LogP contribution in [0.4, 0.5) is 18.4 Å². The molecular weight excluding hydrogens is 283 g/mol. The molecule has 0 aromatic heterocycles. The van der Waals surface area contributed by atoms with Crippen LogP contribution in [0.3, 0.4) is 0 Å². The van der Waals surface area contributed by atoms with Gasteiger partial charge in [0.2, 0.25) is 5.91 Å². The summed E-state index contributed by atoms with van der Waals surface area (Å²) in [6, 6.07) is 3.35. The smallest absolute Gasteiger partial charge is 0.302 e. The van der Waals surface area contributed by atoms with E-state index in [1.165, 1.54) is 12.1 Å². The summed E-state index contributed by atoms with van der Waals surface area (Å²) in [5, 5.41) is 0. The molecule has 1 atom stereocenters. The van der Waals surface area contributed by atoms with E-state index in [1.54, 1.807) is 0 Å². The van der Waals surface area contributed by atoms with Crippen molar-refractivity contribution in [3.63, 3.8) is 0 Å². The average molecular weight is 293 g/mol. The fourth-order valence-corrected chi connectivity index (χ4v) is 2.89. The molecule has 104 valence electrons. The maximum absolute atomic E-state index is 13.5. The van der Waals surface area contributed by atoms with Gasteiger partial charge in [-0.1, -0.05) is 6.07 Å². The van der Waals surface area contributed by atoms with Crippen molar-refractivity contribution in [2.45, 2.75) is 6.42 Å². The van der Waals surface area contributed by atoms with E-state index in [9.17, 15) is 25.9 Å². The Balaban J connectivity index is 2.23. The van der Waals surface area contributed by atoms with Crippen molar-refractivity contribution in [2.24, 2.45) is 5.92 Å². The number of hydrogen-bond donors (Lipinski definition) is 0. The summed E-state index contributed by atoms with van der Waals surface area (Å²) in [4.78, 5) is 12.6. The highest BCUT2D eigenvalue weighted by Crippen LogP contribution is 2.29. The van der Waals surface area contributed by atoms with Gasteiger partial charge < -0.3 is 4.90 Å². The van der Waals surface area contributed by atoms with Crippen LogP contribution in [-0.4, -0.2) is 26.6 Å². The molecule has 8 heteroatoms. The Kier molecular flexibility index (Phi) is 3.53. The number of carbonyl (C=O) groups is 1. The molecule has 1 aromatic rings. The number of rotatable bonds is 3. The van der Waals surface area contributed by atoms with Crippen molar-refractivity contribution in [3.8, 4) is 0 Å². The third-order valence-corrected chi connectivity index (χ3v) is 3.73. The van der Waals surface area contributed by atoms with Crippen LogP contribution in [0.15, 0.2) is 18.2 Å². The average Bonchev–Trinajstić information content (AvgIpc) is 2.61. The van der Waals surface area contributed by atoms with E-state index in [0.717, 1.165) is 11.0 Å². The number of benzene rings is 1. The highest BCUT2D eigenvalue weighted by molar-refractivity contribution is 7.86. The normalized spacial score (nSPS) is 20.1. The van der Waals surface area contributed by atoms with E-state index >= 15 is 0 Å². The Labute approximate surface area is 108 Å². The SMILES string of the molecule is O=C1CC(CS(=O)(=O)F)CN1c1cccc(F)c1F. The van der Waals surface area contributed by atoms with Crippen LogP contribution in [0.25, 0.3) is 0 Å². The molecule has 1 saturated heterocycles. The number of anilines is 1. The maximum Gasteiger partial charge on any atom is 0.302 e. The van der Waals surface area contributed by atoms with Gasteiger partial charge in [-0.15, -0.1) is 3.89 Å². The lowest BCUT2D eigenvalue weighted by Crippen LogP contribution is -2.26. The van der Waals surface area contributed by atoms with E-state index in [1.807, 2.05) is 0 Å². The quantitative estimate of drug-likeness (QED) is 0.796. The molecule has 0 N–H and O–H groups in total. The molecule has 0 bridgehead atoms. The number of amides is 1.